The second-order valence-electron chi connectivity index (χ2n) is 7.99. The minimum atomic E-state index is -0.816. The van der Waals surface area contributed by atoms with E-state index in [2.05, 4.69) is 4.98 Å². The quantitative estimate of drug-likeness (QED) is 0.532. The smallest absolute Gasteiger partial charge is 0.330 e. The van der Waals surface area contributed by atoms with Crippen molar-refractivity contribution in [2.24, 2.45) is 0 Å². The van der Waals surface area contributed by atoms with Crippen LogP contribution in [-0.4, -0.2) is 58.5 Å². The van der Waals surface area contributed by atoms with Gasteiger partial charge < -0.3 is 20.3 Å². The largest absolute Gasteiger partial charge is 0.454 e. The molecule has 34 heavy (non-hydrogen) atoms. The van der Waals surface area contributed by atoms with Crippen LogP contribution in [0.15, 0.2) is 39.9 Å². The number of nitrogens with two attached hydrogens (primary N) is 1. The summed E-state index contributed by atoms with van der Waals surface area (Å²) in [5.41, 5.74) is 5.22. The molecule has 1 fully saturated rings. The van der Waals surface area contributed by atoms with Gasteiger partial charge in [-0.15, -0.1) is 0 Å². The van der Waals surface area contributed by atoms with Gasteiger partial charge in [-0.1, -0.05) is 36.8 Å². The SMILES string of the molecule is CCN(C(=O)COC(=O)CN1CCCCCC1=O)c1c(N)n(Cc2ccccc2)c(=O)[nH]c1=O. The van der Waals surface area contributed by atoms with Crippen molar-refractivity contribution in [3.8, 4) is 0 Å². The lowest BCUT2D eigenvalue weighted by molar-refractivity contribution is -0.151. The summed E-state index contributed by atoms with van der Waals surface area (Å²) in [7, 11) is 0. The third-order valence-electron chi connectivity index (χ3n) is 5.63. The van der Waals surface area contributed by atoms with Crippen molar-refractivity contribution in [3.05, 3.63) is 56.7 Å². The van der Waals surface area contributed by atoms with Crippen LogP contribution in [0, 0.1) is 0 Å². The van der Waals surface area contributed by atoms with Crippen LogP contribution < -0.4 is 21.9 Å². The molecule has 3 rings (SSSR count). The first-order valence-corrected chi connectivity index (χ1v) is 11.2. The maximum absolute atomic E-state index is 12.8. The summed E-state index contributed by atoms with van der Waals surface area (Å²) in [5.74, 6) is -1.68. The minimum absolute atomic E-state index is 0.0534. The molecule has 0 bridgehead atoms. The average Bonchev–Trinajstić information content (AvgIpc) is 3.02. The number of ether oxygens (including phenoxy) is 1. The summed E-state index contributed by atoms with van der Waals surface area (Å²) >= 11 is 0. The molecule has 3 N–H and O–H groups in total. The highest BCUT2D eigenvalue weighted by atomic mass is 16.5. The highest BCUT2D eigenvalue weighted by molar-refractivity contribution is 5.97. The van der Waals surface area contributed by atoms with Gasteiger partial charge in [-0.25, -0.2) is 4.79 Å². The number of nitrogens with zero attached hydrogens (tertiary/aromatic N) is 3. The third-order valence-corrected chi connectivity index (χ3v) is 5.63. The molecule has 182 valence electrons. The molecule has 0 radical (unpaired) electrons. The van der Waals surface area contributed by atoms with Gasteiger partial charge in [-0.2, -0.15) is 0 Å². The maximum Gasteiger partial charge on any atom is 0.330 e. The Hall–Kier alpha value is -3.89. The number of carbonyl (C=O) groups excluding carboxylic acids is 3. The molecule has 1 saturated heterocycles. The lowest BCUT2D eigenvalue weighted by Crippen LogP contribution is -2.43. The van der Waals surface area contributed by atoms with Gasteiger partial charge in [0.15, 0.2) is 12.3 Å². The monoisotopic (exact) mass is 471 g/mol. The van der Waals surface area contributed by atoms with E-state index >= 15 is 0 Å². The Kier molecular flexibility index (Phi) is 8.23. The first kappa shape index (κ1) is 24.7. The molecule has 1 aromatic carbocycles. The molecular weight excluding hydrogens is 442 g/mol. The Morgan fingerprint density at radius 1 is 1.12 bits per heavy atom. The van der Waals surface area contributed by atoms with Gasteiger partial charge in [-0.05, 0) is 25.3 Å². The minimum Gasteiger partial charge on any atom is -0.454 e. The lowest BCUT2D eigenvalue weighted by Gasteiger charge is -2.23. The number of hydrogen-bond donors (Lipinski definition) is 2. The molecule has 0 unspecified atom stereocenters. The van der Waals surface area contributed by atoms with E-state index < -0.39 is 29.7 Å². The fraction of sp³-hybridized carbons (Fsp3) is 0.435. The molecule has 1 aliphatic heterocycles. The topological polar surface area (TPSA) is 148 Å². The maximum atomic E-state index is 12.8. The van der Waals surface area contributed by atoms with Crippen LogP contribution in [0.4, 0.5) is 11.5 Å². The van der Waals surface area contributed by atoms with Gasteiger partial charge >= 0.3 is 11.7 Å². The summed E-state index contributed by atoms with van der Waals surface area (Å²) < 4.78 is 6.25. The summed E-state index contributed by atoms with van der Waals surface area (Å²) in [5, 5.41) is 0. The molecule has 0 aliphatic carbocycles. The second kappa shape index (κ2) is 11.3. The summed E-state index contributed by atoms with van der Waals surface area (Å²) in [6, 6.07) is 9.04. The molecule has 0 spiro atoms. The van der Waals surface area contributed by atoms with E-state index in [1.165, 1.54) is 9.47 Å². The average molecular weight is 472 g/mol. The van der Waals surface area contributed by atoms with Crippen molar-refractivity contribution in [1.82, 2.24) is 14.5 Å². The van der Waals surface area contributed by atoms with Gasteiger partial charge in [0, 0.05) is 19.5 Å². The molecule has 1 aromatic heterocycles. The zero-order chi connectivity index (χ0) is 24.7. The molecule has 2 aromatic rings. The van der Waals surface area contributed by atoms with E-state index in [9.17, 15) is 24.0 Å². The molecule has 0 saturated carbocycles. The number of nitrogens with one attached hydrogen (secondary N) is 1. The second-order valence-corrected chi connectivity index (χ2v) is 7.99. The van der Waals surface area contributed by atoms with Gasteiger partial charge in [0.2, 0.25) is 5.91 Å². The fourth-order valence-corrected chi connectivity index (χ4v) is 3.85. The van der Waals surface area contributed by atoms with Crippen molar-refractivity contribution in [1.29, 1.82) is 0 Å². The number of aromatic amines is 1. The lowest BCUT2D eigenvalue weighted by atomic mass is 10.2. The number of anilines is 2. The van der Waals surface area contributed by atoms with E-state index in [1.807, 2.05) is 6.07 Å². The van der Waals surface area contributed by atoms with Crippen LogP contribution in [0.2, 0.25) is 0 Å². The van der Waals surface area contributed by atoms with Crippen molar-refractivity contribution in [2.75, 3.05) is 36.9 Å². The highest BCUT2D eigenvalue weighted by Gasteiger charge is 2.25. The number of likely N-dealkylation sites (N-methyl/N-ethyl adjacent to an activating group) is 1. The normalized spacial score (nSPS) is 13.9. The van der Waals surface area contributed by atoms with Crippen LogP contribution in [0.5, 0.6) is 0 Å². The Morgan fingerprint density at radius 2 is 1.85 bits per heavy atom. The van der Waals surface area contributed by atoms with E-state index in [-0.39, 0.29) is 37.0 Å². The number of likely N-dealkylation sites (tertiary alicyclic amines) is 1. The number of aromatic nitrogens is 2. The van der Waals surface area contributed by atoms with Crippen molar-refractivity contribution in [2.45, 2.75) is 39.2 Å². The molecule has 11 heteroatoms. The number of amides is 2. The van der Waals surface area contributed by atoms with Crippen molar-refractivity contribution < 1.29 is 19.1 Å². The van der Waals surface area contributed by atoms with Gasteiger partial charge in [-0.3, -0.25) is 28.7 Å². The van der Waals surface area contributed by atoms with Crippen molar-refractivity contribution >= 4 is 29.3 Å². The number of hydrogen-bond acceptors (Lipinski definition) is 7. The Labute approximate surface area is 196 Å². The van der Waals surface area contributed by atoms with Gasteiger partial charge in [0.25, 0.3) is 11.5 Å². The molecular formula is C23H29N5O6. The summed E-state index contributed by atoms with van der Waals surface area (Å²) in [6.45, 7) is 1.38. The van der Waals surface area contributed by atoms with Gasteiger partial charge in [0.1, 0.15) is 12.4 Å². The van der Waals surface area contributed by atoms with Crippen LogP contribution in [0.1, 0.15) is 38.2 Å². The molecule has 0 atom stereocenters. The standard InChI is InChI=1S/C23H29N5O6/c1-2-27(18(30)15-34-19(31)14-26-12-8-4-7-11-17(26)29)20-21(24)28(23(33)25-22(20)32)13-16-9-5-3-6-10-16/h3,5-6,9-10H,2,4,7-8,11-15,24H2,1H3,(H,25,32,33). The number of esters is 1. The van der Waals surface area contributed by atoms with E-state index in [0.29, 0.717) is 13.0 Å². The molecule has 11 nitrogen and oxygen atoms in total. The highest BCUT2D eigenvalue weighted by Crippen LogP contribution is 2.18. The van der Waals surface area contributed by atoms with E-state index in [4.69, 9.17) is 10.5 Å². The zero-order valence-corrected chi connectivity index (χ0v) is 19.1. The van der Waals surface area contributed by atoms with E-state index in [1.54, 1.807) is 31.2 Å². The fourth-order valence-electron chi connectivity index (χ4n) is 3.85. The predicted octanol–water partition coefficient (Wildman–Crippen LogP) is 0.466. The van der Waals surface area contributed by atoms with Gasteiger partial charge in [0.05, 0.1) is 6.54 Å². The Morgan fingerprint density at radius 3 is 2.56 bits per heavy atom. The summed E-state index contributed by atoms with van der Waals surface area (Å²) in [6.07, 6.45) is 2.90. The first-order chi connectivity index (χ1) is 16.3. The first-order valence-electron chi connectivity index (χ1n) is 11.2. The number of rotatable bonds is 8. The Balaban J connectivity index is 1.73. The number of benzene rings is 1. The van der Waals surface area contributed by atoms with E-state index in [0.717, 1.165) is 29.7 Å². The van der Waals surface area contributed by atoms with Crippen LogP contribution in [0.25, 0.3) is 0 Å². The van der Waals surface area contributed by atoms with Crippen molar-refractivity contribution in [3.63, 3.8) is 0 Å². The Bertz CT molecular complexity index is 1160. The molecule has 1 aliphatic rings. The zero-order valence-electron chi connectivity index (χ0n) is 19.1. The number of carbonyl (C=O) groups is 3. The van der Waals surface area contributed by atoms with Crippen LogP contribution >= 0.6 is 0 Å². The summed E-state index contributed by atoms with van der Waals surface area (Å²) in [4.78, 5) is 66.7. The number of nitrogen functional groups attached to an aromatic ring is 1. The van der Waals surface area contributed by atoms with Crippen LogP contribution in [-0.2, 0) is 25.7 Å². The predicted molar refractivity (Wildman–Crippen MR) is 125 cm³/mol. The number of H-pyrrole nitrogens is 1. The van der Waals surface area contributed by atoms with Crippen LogP contribution in [0.3, 0.4) is 0 Å². The molecule has 2 heterocycles. The third kappa shape index (κ3) is 5.91. The molecule has 2 amide bonds.